The summed E-state index contributed by atoms with van der Waals surface area (Å²) in [6.45, 7) is 5.95. The van der Waals surface area contributed by atoms with Gasteiger partial charge in [0.05, 0.1) is 6.20 Å². The van der Waals surface area contributed by atoms with Crippen molar-refractivity contribution in [2.45, 2.75) is 51.6 Å². The summed E-state index contributed by atoms with van der Waals surface area (Å²) in [7, 11) is 0. The molecule has 0 spiro atoms. The molecule has 30 heavy (non-hydrogen) atoms. The molecule has 0 atom stereocenters. The van der Waals surface area contributed by atoms with Crippen molar-refractivity contribution in [3.8, 4) is 0 Å². The van der Waals surface area contributed by atoms with E-state index in [1.54, 1.807) is 6.20 Å². The number of carbonyl (C=O) groups excluding carboxylic acids is 1. The van der Waals surface area contributed by atoms with Crippen LogP contribution in [-0.4, -0.2) is 62.7 Å². The first-order valence-corrected chi connectivity index (χ1v) is 11.1. The van der Waals surface area contributed by atoms with E-state index in [1.807, 2.05) is 24.0 Å². The smallest absolute Gasteiger partial charge is 0.291 e. The molecule has 1 amide bonds. The SMILES string of the molecule is Cc1ccc2[nH]c3c(=O)n(CC(=O)N4CCC(N5CCCCC5)CC4)ncc3c2c1. The van der Waals surface area contributed by atoms with Crippen LogP contribution >= 0.6 is 0 Å². The molecular formula is C23H29N5O2. The fourth-order valence-electron chi connectivity index (χ4n) is 5.04. The van der Waals surface area contributed by atoms with Crippen molar-refractivity contribution in [3.63, 3.8) is 0 Å². The molecule has 2 aromatic heterocycles. The van der Waals surface area contributed by atoms with E-state index < -0.39 is 0 Å². The molecule has 2 aliphatic heterocycles. The number of nitrogens with zero attached hydrogens (tertiary/aromatic N) is 4. The molecule has 0 aliphatic carbocycles. The lowest BCUT2D eigenvalue weighted by molar-refractivity contribution is -0.133. The molecule has 158 valence electrons. The van der Waals surface area contributed by atoms with Gasteiger partial charge in [-0.25, -0.2) is 4.68 Å². The van der Waals surface area contributed by atoms with E-state index in [2.05, 4.69) is 21.0 Å². The van der Waals surface area contributed by atoms with Gasteiger partial charge in [-0.1, -0.05) is 18.1 Å². The minimum absolute atomic E-state index is 0.00243. The minimum atomic E-state index is -0.238. The Labute approximate surface area is 175 Å². The number of aromatic nitrogens is 3. The monoisotopic (exact) mass is 407 g/mol. The number of hydrogen-bond acceptors (Lipinski definition) is 4. The largest absolute Gasteiger partial charge is 0.350 e. The van der Waals surface area contributed by atoms with E-state index in [0.717, 1.165) is 47.8 Å². The van der Waals surface area contributed by atoms with Gasteiger partial charge in [0.15, 0.2) is 0 Å². The Kier molecular flexibility index (Phi) is 5.06. The van der Waals surface area contributed by atoms with Crippen LogP contribution in [0.4, 0.5) is 0 Å². The number of piperidine rings is 2. The number of hydrogen-bond donors (Lipinski definition) is 1. The predicted molar refractivity (Wildman–Crippen MR) is 118 cm³/mol. The highest BCUT2D eigenvalue weighted by Gasteiger charge is 2.28. The van der Waals surface area contributed by atoms with Gasteiger partial charge >= 0.3 is 0 Å². The first-order valence-electron chi connectivity index (χ1n) is 11.1. The third kappa shape index (κ3) is 3.51. The maximum absolute atomic E-state index is 13.0. The summed E-state index contributed by atoms with van der Waals surface area (Å²) in [6.07, 6.45) is 7.68. The molecule has 5 rings (SSSR count). The Hall–Kier alpha value is -2.67. The fourth-order valence-corrected chi connectivity index (χ4v) is 5.04. The number of aryl methyl sites for hydroxylation is 1. The van der Waals surface area contributed by atoms with Crippen molar-refractivity contribution in [3.05, 3.63) is 40.3 Å². The summed E-state index contributed by atoms with van der Waals surface area (Å²) >= 11 is 0. The van der Waals surface area contributed by atoms with E-state index in [9.17, 15) is 9.59 Å². The Morgan fingerprint density at radius 1 is 1.10 bits per heavy atom. The van der Waals surface area contributed by atoms with Crippen LogP contribution in [0.3, 0.4) is 0 Å². The van der Waals surface area contributed by atoms with Gasteiger partial charge in [0, 0.05) is 35.4 Å². The number of amides is 1. The molecule has 7 heteroatoms. The summed E-state index contributed by atoms with van der Waals surface area (Å²) in [5.41, 5.74) is 2.33. The lowest BCUT2D eigenvalue weighted by atomic mass is 10.00. The number of benzene rings is 1. The molecule has 2 aliphatic rings. The third-order valence-electron chi connectivity index (χ3n) is 6.78. The van der Waals surface area contributed by atoms with Crippen LogP contribution in [0.2, 0.25) is 0 Å². The number of H-pyrrole nitrogens is 1. The van der Waals surface area contributed by atoms with Crippen molar-refractivity contribution < 1.29 is 4.79 Å². The average molecular weight is 408 g/mol. The Bertz CT molecular complexity index is 1130. The molecule has 2 saturated heterocycles. The summed E-state index contributed by atoms with van der Waals surface area (Å²) < 4.78 is 1.30. The lowest BCUT2D eigenvalue weighted by Gasteiger charge is -2.40. The van der Waals surface area contributed by atoms with Crippen molar-refractivity contribution >= 4 is 27.7 Å². The van der Waals surface area contributed by atoms with Gasteiger partial charge in [0.25, 0.3) is 5.56 Å². The van der Waals surface area contributed by atoms with Gasteiger partial charge < -0.3 is 14.8 Å². The van der Waals surface area contributed by atoms with E-state index in [4.69, 9.17) is 0 Å². The molecular weight excluding hydrogens is 378 g/mol. The Morgan fingerprint density at radius 2 is 1.87 bits per heavy atom. The van der Waals surface area contributed by atoms with Crippen LogP contribution < -0.4 is 5.56 Å². The molecule has 1 N–H and O–H groups in total. The zero-order valence-electron chi connectivity index (χ0n) is 17.6. The van der Waals surface area contributed by atoms with Crippen LogP contribution in [0.5, 0.6) is 0 Å². The van der Waals surface area contributed by atoms with E-state index >= 15 is 0 Å². The highest BCUT2D eigenvalue weighted by Crippen LogP contribution is 2.24. The number of fused-ring (bicyclic) bond motifs is 3. The molecule has 0 unspecified atom stereocenters. The third-order valence-corrected chi connectivity index (χ3v) is 6.78. The minimum Gasteiger partial charge on any atom is -0.350 e. The molecule has 2 fully saturated rings. The summed E-state index contributed by atoms with van der Waals surface area (Å²) in [4.78, 5) is 33.5. The number of rotatable bonds is 3. The molecule has 1 aromatic carbocycles. The molecule has 0 saturated carbocycles. The summed E-state index contributed by atoms with van der Waals surface area (Å²) in [5.74, 6) is -0.0204. The second-order valence-electron chi connectivity index (χ2n) is 8.78. The van der Waals surface area contributed by atoms with Crippen molar-refractivity contribution in [1.82, 2.24) is 24.6 Å². The Morgan fingerprint density at radius 3 is 2.63 bits per heavy atom. The first kappa shape index (κ1) is 19.3. The molecule has 7 nitrogen and oxygen atoms in total. The zero-order valence-corrected chi connectivity index (χ0v) is 17.6. The zero-order chi connectivity index (χ0) is 20.7. The maximum Gasteiger partial charge on any atom is 0.291 e. The fraction of sp³-hybridized carbons (Fsp3) is 0.522. The van der Waals surface area contributed by atoms with Crippen molar-refractivity contribution in [2.24, 2.45) is 0 Å². The van der Waals surface area contributed by atoms with Gasteiger partial charge in [-0.15, -0.1) is 0 Å². The van der Waals surface area contributed by atoms with Crippen LogP contribution in [0.1, 0.15) is 37.7 Å². The molecule has 3 aromatic rings. The van der Waals surface area contributed by atoms with Crippen molar-refractivity contribution in [1.29, 1.82) is 0 Å². The predicted octanol–water partition coefficient (Wildman–Crippen LogP) is 2.66. The number of aromatic amines is 1. The quantitative estimate of drug-likeness (QED) is 0.724. The summed E-state index contributed by atoms with van der Waals surface area (Å²) in [6, 6.07) is 6.64. The van der Waals surface area contributed by atoms with Crippen LogP contribution in [0.15, 0.2) is 29.2 Å². The van der Waals surface area contributed by atoms with Gasteiger partial charge in [-0.3, -0.25) is 9.59 Å². The second kappa shape index (κ2) is 7.87. The van der Waals surface area contributed by atoms with E-state index in [0.29, 0.717) is 11.6 Å². The Balaban J connectivity index is 1.29. The average Bonchev–Trinajstić information content (AvgIpc) is 3.15. The van der Waals surface area contributed by atoms with Crippen LogP contribution in [0, 0.1) is 6.92 Å². The normalized spacial score (nSPS) is 19.0. The second-order valence-corrected chi connectivity index (χ2v) is 8.78. The highest BCUT2D eigenvalue weighted by atomic mass is 16.2. The van der Waals surface area contributed by atoms with Crippen LogP contribution in [-0.2, 0) is 11.3 Å². The van der Waals surface area contributed by atoms with Gasteiger partial charge in [-0.05, 0) is 57.8 Å². The number of likely N-dealkylation sites (tertiary alicyclic amines) is 2. The summed E-state index contributed by atoms with van der Waals surface area (Å²) in [5, 5.41) is 6.11. The van der Waals surface area contributed by atoms with Gasteiger partial charge in [-0.2, -0.15) is 5.10 Å². The van der Waals surface area contributed by atoms with Gasteiger partial charge in [0.2, 0.25) is 5.91 Å². The van der Waals surface area contributed by atoms with E-state index in [1.165, 1.54) is 37.0 Å². The van der Waals surface area contributed by atoms with E-state index in [-0.39, 0.29) is 18.0 Å². The number of nitrogens with one attached hydrogen (secondary N) is 1. The lowest BCUT2D eigenvalue weighted by Crippen LogP contribution is -2.49. The van der Waals surface area contributed by atoms with Gasteiger partial charge in [0.1, 0.15) is 12.1 Å². The standard InChI is InChI=1S/C23H29N5O2/c1-16-5-6-20-18(13-16)19-14-24-28(23(30)22(19)25-20)15-21(29)27-11-7-17(8-12-27)26-9-3-2-4-10-26/h5-6,13-14,17,25H,2-4,7-12,15H2,1H3. The maximum atomic E-state index is 13.0. The first-order chi connectivity index (χ1) is 14.6. The number of carbonyl (C=O) groups is 1. The molecule has 4 heterocycles. The molecule has 0 bridgehead atoms. The topological polar surface area (TPSA) is 74.2 Å². The van der Waals surface area contributed by atoms with Crippen LogP contribution in [0.25, 0.3) is 21.8 Å². The highest BCUT2D eigenvalue weighted by molar-refractivity contribution is 6.06. The van der Waals surface area contributed by atoms with Crippen molar-refractivity contribution in [2.75, 3.05) is 26.2 Å². The molecule has 0 radical (unpaired) electrons.